The molecule has 1 saturated heterocycles. The van der Waals surface area contributed by atoms with Crippen LogP contribution in [-0.4, -0.2) is 27.5 Å². The maximum Gasteiger partial charge on any atom is 0.215 e. The molecule has 0 aliphatic carbocycles. The topological polar surface area (TPSA) is 42.8 Å². The predicted molar refractivity (Wildman–Crippen MR) is 55.8 cm³/mol. The van der Waals surface area contributed by atoms with Gasteiger partial charge in [-0.15, -0.1) is 0 Å². The third-order valence-corrected chi connectivity index (χ3v) is 3.11. The van der Waals surface area contributed by atoms with E-state index in [1.165, 1.54) is 0 Å². The van der Waals surface area contributed by atoms with Crippen LogP contribution in [0.4, 0.5) is 0 Å². The Balaban J connectivity index is 2.26. The molecule has 4 nitrogen and oxygen atoms in total. The highest BCUT2D eigenvalue weighted by atomic mass is 32.1. The van der Waals surface area contributed by atoms with Crippen molar-refractivity contribution < 1.29 is 4.74 Å². The van der Waals surface area contributed by atoms with Gasteiger partial charge in [-0.25, -0.2) is 4.98 Å². The zero-order valence-electron chi connectivity index (χ0n) is 8.49. The van der Waals surface area contributed by atoms with E-state index in [4.69, 9.17) is 17.0 Å². The van der Waals surface area contributed by atoms with Crippen LogP contribution in [0, 0.1) is 4.77 Å². The number of aryl methyl sites for hydroxylation is 1. The van der Waals surface area contributed by atoms with Crippen molar-refractivity contribution in [1.29, 1.82) is 0 Å². The summed E-state index contributed by atoms with van der Waals surface area (Å²) in [6.45, 7) is 2.97. The third-order valence-electron chi connectivity index (χ3n) is 2.75. The standard InChI is InChI=1S/C9H15N3OS/c1-3-7-6(4-5-13-7)8-10-9(14)12(2)11-8/h6-7H,3-5H2,1-2H3,(H,10,11,14). The summed E-state index contributed by atoms with van der Waals surface area (Å²) in [5, 5.41) is 3.17. The molecule has 2 heterocycles. The minimum atomic E-state index is 0.301. The third kappa shape index (κ3) is 1.62. The average molecular weight is 213 g/mol. The largest absolute Gasteiger partial charge is 0.377 e. The fourth-order valence-electron chi connectivity index (χ4n) is 1.95. The molecule has 1 N–H and O–H groups in total. The van der Waals surface area contributed by atoms with Gasteiger partial charge in [-0.3, -0.25) is 9.78 Å². The summed E-state index contributed by atoms with van der Waals surface area (Å²) in [5.41, 5.74) is 0. The second kappa shape index (κ2) is 3.82. The fourth-order valence-corrected chi connectivity index (χ4v) is 2.10. The van der Waals surface area contributed by atoms with Crippen molar-refractivity contribution >= 4 is 12.2 Å². The lowest BCUT2D eigenvalue weighted by Crippen LogP contribution is -2.14. The van der Waals surface area contributed by atoms with Gasteiger partial charge in [0.15, 0.2) is 0 Å². The van der Waals surface area contributed by atoms with Crippen LogP contribution in [0.1, 0.15) is 31.5 Å². The lowest BCUT2D eigenvalue weighted by Gasteiger charge is -2.13. The molecule has 0 saturated carbocycles. The van der Waals surface area contributed by atoms with Crippen molar-refractivity contribution in [3.8, 4) is 0 Å². The molecule has 5 heteroatoms. The van der Waals surface area contributed by atoms with E-state index in [1.807, 2.05) is 7.05 Å². The average Bonchev–Trinajstić information content (AvgIpc) is 2.73. The zero-order valence-corrected chi connectivity index (χ0v) is 9.30. The van der Waals surface area contributed by atoms with Gasteiger partial charge >= 0.3 is 0 Å². The molecule has 1 aliphatic rings. The molecular weight excluding hydrogens is 198 g/mol. The lowest BCUT2D eigenvalue weighted by atomic mass is 9.99. The first-order valence-electron chi connectivity index (χ1n) is 4.97. The van der Waals surface area contributed by atoms with E-state index in [-0.39, 0.29) is 0 Å². The van der Waals surface area contributed by atoms with Crippen molar-refractivity contribution in [2.75, 3.05) is 6.61 Å². The Hall–Kier alpha value is -0.680. The molecule has 2 unspecified atom stereocenters. The number of nitrogens with one attached hydrogen (secondary N) is 1. The second-order valence-electron chi connectivity index (χ2n) is 3.66. The van der Waals surface area contributed by atoms with Gasteiger partial charge in [-0.2, -0.15) is 0 Å². The number of hydrogen-bond donors (Lipinski definition) is 1. The van der Waals surface area contributed by atoms with Crippen LogP contribution in [0.3, 0.4) is 0 Å². The summed E-state index contributed by atoms with van der Waals surface area (Å²) in [5.74, 6) is 1.37. The van der Waals surface area contributed by atoms with Gasteiger partial charge in [0.05, 0.1) is 6.10 Å². The van der Waals surface area contributed by atoms with Crippen molar-refractivity contribution in [2.24, 2.45) is 7.05 Å². The molecule has 14 heavy (non-hydrogen) atoms. The monoisotopic (exact) mass is 213 g/mol. The summed E-state index contributed by atoms with van der Waals surface area (Å²) < 4.78 is 8.00. The molecule has 2 atom stereocenters. The summed E-state index contributed by atoms with van der Waals surface area (Å²) >= 11 is 5.06. The van der Waals surface area contributed by atoms with E-state index < -0.39 is 0 Å². The minimum Gasteiger partial charge on any atom is -0.377 e. The highest BCUT2D eigenvalue weighted by Gasteiger charge is 2.30. The Bertz CT molecular complexity index is 370. The van der Waals surface area contributed by atoms with Crippen LogP contribution >= 0.6 is 12.2 Å². The maximum absolute atomic E-state index is 5.61. The van der Waals surface area contributed by atoms with Crippen LogP contribution in [-0.2, 0) is 11.8 Å². The Morgan fingerprint density at radius 2 is 2.50 bits per heavy atom. The van der Waals surface area contributed by atoms with Crippen molar-refractivity contribution in [3.05, 3.63) is 10.6 Å². The Morgan fingerprint density at radius 1 is 1.71 bits per heavy atom. The number of nitrogens with zero attached hydrogens (tertiary/aromatic N) is 2. The van der Waals surface area contributed by atoms with E-state index in [0.29, 0.717) is 16.8 Å². The molecule has 0 aromatic carbocycles. The molecule has 1 aliphatic heterocycles. The van der Waals surface area contributed by atoms with E-state index in [0.717, 1.165) is 25.3 Å². The van der Waals surface area contributed by atoms with Gasteiger partial charge in [0.1, 0.15) is 5.82 Å². The predicted octanol–water partition coefficient (Wildman–Crippen LogP) is 1.76. The van der Waals surface area contributed by atoms with Crippen LogP contribution in [0.5, 0.6) is 0 Å². The molecular formula is C9H15N3OS. The van der Waals surface area contributed by atoms with Crippen LogP contribution in [0.25, 0.3) is 0 Å². The number of rotatable bonds is 2. The normalized spacial score (nSPS) is 27.0. The molecule has 0 bridgehead atoms. The molecule has 1 aromatic rings. The van der Waals surface area contributed by atoms with Crippen LogP contribution in [0.2, 0.25) is 0 Å². The number of hydrogen-bond acceptors (Lipinski definition) is 3. The van der Waals surface area contributed by atoms with Gasteiger partial charge < -0.3 is 4.74 Å². The Labute approximate surface area is 88.3 Å². The molecule has 0 radical (unpaired) electrons. The highest BCUT2D eigenvalue weighted by molar-refractivity contribution is 7.71. The van der Waals surface area contributed by atoms with Crippen LogP contribution in [0.15, 0.2) is 0 Å². The first kappa shape index (κ1) is 9.86. The quantitative estimate of drug-likeness (QED) is 0.761. The van der Waals surface area contributed by atoms with Gasteiger partial charge in [0.2, 0.25) is 4.77 Å². The number of H-pyrrole nitrogens is 1. The van der Waals surface area contributed by atoms with Gasteiger partial charge in [0, 0.05) is 19.6 Å². The summed E-state index contributed by atoms with van der Waals surface area (Å²) in [6.07, 6.45) is 2.37. The van der Waals surface area contributed by atoms with Gasteiger partial charge in [-0.1, -0.05) is 6.92 Å². The Kier molecular flexibility index (Phi) is 2.69. The van der Waals surface area contributed by atoms with Gasteiger partial charge in [-0.05, 0) is 25.1 Å². The molecule has 1 fully saturated rings. The first-order chi connectivity index (χ1) is 6.72. The molecule has 1 aromatic heterocycles. The second-order valence-corrected chi connectivity index (χ2v) is 4.03. The molecule has 78 valence electrons. The number of ether oxygens (including phenoxy) is 1. The molecule has 0 spiro atoms. The summed E-state index contributed by atoms with van der Waals surface area (Å²) in [6, 6.07) is 0. The Morgan fingerprint density at radius 3 is 3.07 bits per heavy atom. The smallest absolute Gasteiger partial charge is 0.215 e. The molecule has 0 amide bonds. The minimum absolute atomic E-state index is 0.301. The number of aromatic amines is 1. The summed E-state index contributed by atoms with van der Waals surface area (Å²) in [7, 11) is 1.88. The van der Waals surface area contributed by atoms with E-state index in [9.17, 15) is 0 Å². The first-order valence-corrected chi connectivity index (χ1v) is 5.37. The number of aromatic nitrogens is 3. The lowest BCUT2D eigenvalue weighted by molar-refractivity contribution is 0.0994. The fraction of sp³-hybridized carbons (Fsp3) is 0.778. The SMILES string of the molecule is CCC1OCCC1c1nc(=S)n(C)[nH]1. The van der Waals surface area contributed by atoms with Crippen molar-refractivity contribution in [2.45, 2.75) is 31.8 Å². The zero-order chi connectivity index (χ0) is 10.1. The van der Waals surface area contributed by atoms with Crippen LogP contribution < -0.4 is 0 Å². The van der Waals surface area contributed by atoms with Gasteiger partial charge in [0.25, 0.3) is 0 Å². The van der Waals surface area contributed by atoms with Crippen molar-refractivity contribution in [3.63, 3.8) is 0 Å². The highest BCUT2D eigenvalue weighted by Crippen LogP contribution is 2.30. The van der Waals surface area contributed by atoms with E-state index >= 15 is 0 Å². The van der Waals surface area contributed by atoms with E-state index in [2.05, 4.69) is 17.0 Å². The maximum atomic E-state index is 5.61. The summed E-state index contributed by atoms with van der Waals surface area (Å²) in [4.78, 5) is 4.33. The van der Waals surface area contributed by atoms with Crippen molar-refractivity contribution in [1.82, 2.24) is 14.8 Å². The molecule has 2 rings (SSSR count). The van der Waals surface area contributed by atoms with E-state index in [1.54, 1.807) is 4.68 Å².